The standard InChI is InChI=1S/C22H29N5O/c1-3-18-15-27(22-21(28-2)14-23-16-25-22)12-11-26(18)10-6-7-17-13-24-20-9-5-4-8-19(17)20/h4-5,8-9,13-14,16,18,24H,3,6-7,10-12,15H2,1-2H3. The molecule has 1 fully saturated rings. The van der Waals surface area contributed by atoms with E-state index >= 15 is 0 Å². The van der Waals surface area contributed by atoms with Crippen LogP contribution in [0.3, 0.4) is 0 Å². The molecule has 1 atom stereocenters. The fourth-order valence-electron chi connectivity index (χ4n) is 4.27. The highest BCUT2D eigenvalue weighted by Gasteiger charge is 2.27. The monoisotopic (exact) mass is 379 g/mol. The summed E-state index contributed by atoms with van der Waals surface area (Å²) in [5, 5.41) is 1.36. The van der Waals surface area contributed by atoms with E-state index in [9.17, 15) is 0 Å². The molecular formula is C22H29N5O. The maximum Gasteiger partial charge on any atom is 0.179 e. The van der Waals surface area contributed by atoms with Crippen LogP contribution in [0.25, 0.3) is 10.9 Å². The van der Waals surface area contributed by atoms with E-state index in [1.54, 1.807) is 19.6 Å². The minimum atomic E-state index is 0.538. The average molecular weight is 380 g/mol. The van der Waals surface area contributed by atoms with Crippen LogP contribution in [0, 0.1) is 0 Å². The number of benzene rings is 1. The van der Waals surface area contributed by atoms with Crippen LogP contribution in [0.5, 0.6) is 5.75 Å². The number of fused-ring (bicyclic) bond motifs is 1. The van der Waals surface area contributed by atoms with Crippen molar-refractivity contribution in [2.75, 3.05) is 38.2 Å². The Morgan fingerprint density at radius 2 is 2.14 bits per heavy atom. The van der Waals surface area contributed by atoms with Crippen molar-refractivity contribution in [3.8, 4) is 5.75 Å². The number of aromatic nitrogens is 3. The van der Waals surface area contributed by atoms with Gasteiger partial charge in [0.25, 0.3) is 0 Å². The van der Waals surface area contributed by atoms with Crippen molar-refractivity contribution in [1.29, 1.82) is 0 Å². The van der Waals surface area contributed by atoms with Gasteiger partial charge in [-0.2, -0.15) is 0 Å². The number of aryl methyl sites for hydroxylation is 1. The summed E-state index contributed by atoms with van der Waals surface area (Å²) in [4.78, 5) is 16.9. The molecule has 1 unspecified atom stereocenters. The van der Waals surface area contributed by atoms with Gasteiger partial charge in [0.1, 0.15) is 6.33 Å². The number of hydrogen-bond donors (Lipinski definition) is 1. The van der Waals surface area contributed by atoms with E-state index in [0.717, 1.165) is 50.6 Å². The van der Waals surface area contributed by atoms with Gasteiger partial charge in [-0.25, -0.2) is 9.97 Å². The smallest absolute Gasteiger partial charge is 0.179 e. The largest absolute Gasteiger partial charge is 0.491 e. The van der Waals surface area contributed by atoms with Crippen LogP contribution in [-0.2, 0) is 6.42 Å². The van der Waals surface area contributed by atoms with Crippen molar-refractivity contribution in [3.05, 3.63) is 48.5 Å². The first-order chi connectivity index (χ1) is 13.8. The summed E-state index contributed by atoms with van der Waals surface area (Å²) in [5.41, 5.74) is 2.66. The number of H-pyrrole nitrogens is 1. The predicted octanol–water partition coefficient (Wildman–Crippen LogP) is 3.50. The summed E-state index contributed by atoms with van der Waals surface area (Å²) >= 11 is 0. The fourth-order valence-corrected chi connectivity index (χ4v) is 4.27. The third-order valence-corrected chi connectivity index (χ3v) is 5.82. The Kier molecular flexibility index (Phi) is 5.76. The lowest BCUT2D eigenvalue weighted by atomic mass is 10.1. The number of para-hydroxylation sites is 1. The summed E-state index contributed by atoms with van der Waals surface area (Å²) in [6.45, 7) is 6.41. The third-order valence-electron chi connectivity index (χ3n) is 5.82. The molecule has 0 spiro atoms. The van der Waals surface area contributed by atoms with E-state index < -0.39 is 0 Å². The molecule has 1 saturated heterocycles. The van der Waals surface area contributed by atoms with E-state index in [-0.39, 0.29) is 0 Å². The zero-order chi connectivity index (χ0) is 19.3. The molecule has 6 nitrogen and oxygen atoms in total. The molecule has 1 aliphatic heterocycles. The van der Waals surface area contributed by atoms with E-state index in [4.69, 9.17) is 4.74 Å². The van der Waals surface area contributed by atoms with Gasteiger partial charge in [-0.1, -0.05) is 25.1 Å². The van der Waals surface area contributed by atoms with Crippen molar-refractivity contribution in [3.63, 3.8) is 0 Å². The minimum absolute atomic E-state index is 0.538. The second kappa shape index (κ2) is 8.61. The van der Waals surface area contributed by atoms with Crippen LogP contribution in [0.4, 0.5) is 5.82 Å². The van der Waals surface area contributed by atoms with Crippen molar-refractivity contribution in [1.82, 2.24) is 19.9 Å². The number of anilines is 1. The van der Waals surface area contributed by atoms with Gasteiger partial charge in [0.2, 0.25) is 0 Å². The predicted molar refractivity (Wildman–Crippen MR) is 113 cm³/mol. The molecule has 148 valence electrons. The van der Waals surface area contributed by atoms with Crippen LogP contribution >= 0.6 is 0 Å². The Hall–Kier alpha value is -2.60. The Morgan fingerprint density at radius 3 is 3.00 bits per heavy atom. The molecule has 3 heterocycles. The average Bonchev–Trinajstić information content (AvgIpc) is 3.17. The Morgan fingerprint density at radius 1 is 1.25 bits per heavy atom. The molecule has 1 aliphatic rings. The first kappa shape index (κ1) is 18.7. The molecule has 0 aliphatic carbocycles. The van der Waals surface area contributed by atoms with E-state index in [0.29, 0.717) is 6.04 Å². The lowest BCUT2D eigenvalue weighted by molar-refractivity contribution is 0.169. The molecule has 0 radical (unpaired) electrons. The number of hydrogen-bond acceptors (Lipinski definition) is 5. The van der Waals surface area contributed by atoms with Crippen molar-refractivity contribution in [2.45, 2.75) is 32.2 Å². The van der Waals surface area contributed by atoms with Crippen molar-refractivity contribution in [2.24, 2.45) is 0 Å². The van der Waals surface area contributed by atoms with Crippen LogP contribution < -0.4 is 9.64 Å². The van der Waals surface area contributed by atoms with Gasteiger partial charge in [-0.15, -0.1) is 0 Å². The molecule has 1 N–H and O–H groups in total. The van der Waals surface area contributed by atoms with Gasteiger partial charge < -0.3 is 14.6 Å². The lowest BCUT2D eigenvalue weighted by Gasteiger charge is -2.42. The zero-order valence-electron chi connectivity index (χ0n) is 16.8. The Bertz CT molecular complexity index is 909. The SMILES string of the molecule is CCC1CN(c2ncncc2OC)CCN1CCCc1c[nH]c2ccccc12. The molecular weight excluding hydrogens is 350 g/mol. The molecule has 0 bridgehead atoms. The molecule has 6 heteroatoms. The number of nitrogens with one attached hydrogen (secondary N) is 1. The number of nitrogens with zero attached hydrogens (tertiary/aromatic N) is 4. The zero-order valence-corrected chi connectivity index (χ0v) is 16.8. The maximum absolute atomic E-state index is 5.45. The van der Waals surface area contributed by atoms with Crippen LogP contribution in [0.15, 0.2) is 43.0 Å². The summed E-state index contributed by atoms with van der Waals surface area (Å²) in [5.74, 6) is 1.67. The molecule has 0 saturated carbocycles. The summed E-state index contributed by atoms with van der Waals surface area (Å²) in [6, 6.07) is 9.10. The first-order valence-electron chi connectivity index (χ1n) is 10.2. The van der Waals surface area contributed by atoms with Crippen LogP contribution in [-0.4, -0.2) is 59.2 Å². The second-order valence-electron chi connectivity index (χ2n) is 7.42. The Labute approximate surface area is 166 Å². The lowest BCUT2D eigenvalue weighted by Crippen LogP contribution is -2.53. The van der Waals surface area contributed by atoms with Gasteiger partial charge in [0, 0.05) is 42.8 Å². The number of piperazine rings is 1. The normalized spacial score (nSPS) is 17.9. The molecule has 1 aromatic carbocycles. The van der Waals surface area contributed by atoms with Gasteiger partial charge in [-0.05, 0) is 37.4 Å². The highest BCUT2D eigenvalue weighted by atomic mass is 16.5. The van der Waals surface area contributed by atoms with E-state index in [2.05, 4.69) is 62.1 Å². The van der Waals surface area contributed by atoms with E-state index in [1.165, 1.54) is 22.9 Å². The van der Waals surface area contributed by atoms with Gasteiger partial charge in [0.05, 0.1) is 13.3 Å². The summed E-state index contributed by atoms with van der Waals surface area (Å²) in [6.07, 6.45) is 8.94. The molecule has 28 heavy (non-hydrogen) atoms. The number of ether oxygens (including phenoxy) is 1. The van der Waals surface area contributed by atoms with Crippen LogP contribution in [0.1, 0.15) is 25.3 Å². The molecule has 0 amide bonds. The van der Waals surface area contributed by atoms with E-state index in [1.807, 2.05) is 0 Å². The Balaban J connectivity index is 1.36. The molecule has 4 rings (SSSR count). The number of methoxy groups -OCH3 is 1. The second-order valence-corrected chi connectivity index (χ2v) is 7.42. The fraction of sp³-hybridized carbons (Fsp3) is 0.455. The number of aromatic amines is 1. The quantitative estimate of drug-likeness (QED) is 0.681. The summed E-state index contributed by atoms with van der Waals surface area (Å²) < 4.78 is 5.45. The topological polar surface area (TPSA) is 57.3 Å². The first-order valence-corrected chi connectivity index (χ1v) is 10.2. The van der Waals surface area contributed by atoms with Crippen LogP contribution in [0.2, 0.25) is 0 Å². The van der Waals surface area contributed by atoms with Crippen molar-refractivity contribution < 1.29 is 4.74 Å². The van der Waals surface area contributed by atoms with Gasteiger partial charge >= 0.3 is 0 Å². The van der Waals surface area contributed by atoms with Crippen molar-refractivity contribution >= 4 is 16.7 Å². The third kappa shape index (κ3) is 3.83. The molecule has 3 aromatic rings. The maximum atomic E-state index is 5.45. The van der Waals surface area contributed by atoms with Gasteiger partial charge in [0.15, 0.2) is 11.6 Å². The van der Waals surface area contributed by atoms with Gasteiger partial charge in [-0.3, -0.25) is 4.90 Å². The highest BCUT2D eigenvalue weighted by Crippen LogP contribution is 2.27. The number of rotatable bonds is 7. The highest BCUT2D eigenvalue weighted by molar-refractivity contribution is 5.82. The molecule has 2 aromatic heterocycles. The summed E-state index contributed by atoms with van der Waals surface area (Å²) in [7, 11) is 1.68. The minimum Gasteiger partial charge on any atom is -0.491 e.